The van der Waals surface area contributed by atoms with E-state index in [2.05, 4.69) is 10.3 Å². The van der Waals surface area contributed by atoms with Gasteiger partial charge in [0.1, 0.15) is 11.5 Å². The number of hydrogen-bond donors (Lipinski definition) is 2. The molecule has 8 heteroatoms. The molecule has 0 spiro atoms. The number of aromatic amines is 1. The fourth-order valence-electron chi connectivity index (χ4n) is 3.17. The molecular weight excluding hydrogens is 363 g/mol. The minimum Gasteiger partial charge on any atom is -0.356 e. The van der Waals surface area contributed by atoms with Gasteiger partial charge in [-0.25, -0.2) is 4.39 Å². The Morgan fingerprint density at radius 2 is 1.93 bits per heavy atom. The second-order valence-corrected chi connectivity index (χ2v) is 6.96. The molecule has 0 unspecified atom stereocenters. The summed E-state index contributed by atoms with van der Waals surface area (Å²) in [7, 11) is 1.64. The number of aromatic nitrogens is 1. The van der Waals surface area contributed by atoms with Gasteiger partial charge in [-0.05, 0) is 44.2 Å². The van der Waals surface area contributed by atoms with E-state index in [0.29, 0.717) is 16.9 Å². The first kappa shape index (κ1) is 19.8. The van der Waals surface area contributed by atoms with Gasteiger partial charge in [-0.2, -0.15) is 0 Å². The molecule has 1 aliphatic rings. The highest BCUT2D eigenvalue weighted by Crippen LogP contribution is 2.14. The molecule has 0 aliphatic carbocycles. The molecule has 3 rings (SSSR count). The second-order valence-electron chi connectivity index (χ2n) is 6.96. The highest BCUT2D eigenvalue weighted by atomic mass is 19.1. The van der Waals surface area contributed by atoms with Crippen molar-refractivity contribution in [3.63, 3.8) is 0 Å². The number of halogens is 1. The summed E-state index contributed by atoms with van der Waals surface area (Å²) >= 11 is 0. The molecule has 0 bridgehead atoms. The summed E-state index contributed by atoms with van der Waals surface area (Å²) in [6, 6.07) is 7.17. The van der Waals surface area contributed by atoms with Gasteiger partial charge in [0.2, 0.25) is 5.91 Å². The van der Waals surface area contributed by atoms with Gasteiger partial charge < -0.3 is 15.2 Å². The molecule has 148 valence electrons. The highest BCUT2D eigenvalue weighted by molar-refractivity contribution is 6.01. The van der Waals surface area contributed by atoms with Crippen LogP contribution >= 0.6 is 0 Å². The number of Topliss-reactive ketones (excluding diaryl/α,β-unsaturated/α-hetero) is 1. The number of likely N-dealkylation sites (tertiary alicyclic amines) is 1. The maximum Gasteiger partial charge on any atom is 0.270 e. The van der Waals surface area contributed by atoms with Crippen LogP contribution in [-0.2, 0) is 4.79 Å². The van der Waals surface area contributed by atoms with Crippen LogP contribution in [0.4, 0.5) is 10.1 Å². The zero-order valence-corrected chi connectivity index (χ0v) is 15.7. The Bertz CT molecular complexity index is 874. The molecule has 1 aliphatic heterocycles. The van der Waals surface area contributed by atoms with Crippen LogP contribution in [0.15, 0.2) is 36.5 Å². The van der Waals surface area contributed by atoms with E-state index >= 15 is 0 Å². The van der Waals surface area contributed by atoms with E-state index in [1.165, 1.54) is 24.4 Å². The van der Waals surface area contributed by atoms with Gasteiger partial charge in [0.25, 0.3) is 5.91 Å². The fourth-order valence-corrected chi connectivity index (χ4v) is 3.17. The van der Waals surface area contributed by atoms with E-state index in [0.717, 1.165) is 25.9 Å². The number of carbonyl (C=O) groups is 3. The average Bonchev–Trinajstić information content (AvgIpc) is 3.33. The molecule has 0 radical (unpaired) electrons. The van der Waals surface area contributed by atoms with Gasteiger partial charge in [0.05, 0.1) is 13.1 Å². The van der Waals surface area contributed by atoms with Crippen LogP contribution in [0.25, 0.3) is 0 Å². The van der Waals surface area contributed by atoms with Crippen LogP contribution in [0.3, 0.4) is 0 Å². The van der Waals surface area contributed by atoms with Crippen LogP contribution in [0.2, 0.25) is 0 Å². The molecule has 0 atom stereocenters. The molecule has 1 aromatic carbocycles. The van der Waals surface area contributed by atoms with Crippen molar-refractivity contribution in [3.05, 3.63) is 53.6 Å². The smallest absolute Gasteiger partial charge is 0.270 e. The lowest BCUT2D eigenvalue weighted by Crippen LogP contribution is -2.34. The monoisotopic (exact) mass is 386 g/mol. The minimum atomic E-state index is -0.437. The number of nitrogens with one attached hydrogen (secondary N) is 2. The van der Waals surface area contributed by atoms with Gasteiger partial charge in [-0.1, -0.05) is 6.07 Å². The van der Waals surface area contributed by atoms with Crippen LogP contribution in [0.1, 0.15) is 33.7 Å². The lowest BCUT2D eigenvalue weighted by Gasteiger charge is -2.15. The largest absolute Gasteiger partial charge is 0.356 e. The number of ketones is 1. The fraction of sp³-hybridized carbons (Fsp3) is 0.350. The first-order chi connectivity index (χ1) is 13.4. The first-order valence-corrected chi connectivity index (χ1v) is 9.17. The molecule has 2 N–H and O–H groups in total. The molecule has 0 saturated carbocycles. The third-order valence-corrected chi connectivity index (χ3v) is 4.56. The molecule has 1 fully saturated rings. The van der Waals surface area contributed by atoms with Crippen LogP contribution in [0, 0.1) is 5.82 Å². The zero-order chi connectivity index (χ0) is 20.1. The van der Waals surface area contributed by atoms with E-state index in [1.807, 2.05) is 0 Å². The molecule has 2 heterocycles. The van der Waals surface area contributed by atoms with Crippen molar-refractivity contribution in [2.75, 3.05) is 38.5 Å². The number of carbonyl (C=O) groups excluding carboxylic acids is 3. The normalized spacial score (nSPS) is 13.8. The minimum absolute atomic E-state index is 0.0196. The lowest BCUT2D eigenvalue weighted by atomic mass is 10.2. The number of hydrogen-bond acceptors (Lipinski definition) is 4. The second kappa shape index (κ2) is 8.79. The Labute approximate surface area is 162 Å². The Balaban J connectivity index is 1.51. The summed E-state index contributed by atoms with van der Waals surface area (Å²) in [4.78, 5) is 43.0. The zero-order valence-electron chi connectivity index (χ0n) is 15.7. The SMILES string of the molecule is CN(CC(=O)Nc1cccc(F)c1)CC(=O)c1c[nH]c(C(=O)N2CCCC2)c1. The van der Waals surface area contributed by atoms with E-state index in [4.69, 9.17) is 0 Å². The molecule has 2 aromatic rings. The summed E-state index contributed by atoms with van der Waals surface area (Å²) in [5.41, 5.74) is 1.16. The third-order valence-electron chi connectivity index (χ3n) is 4.56. The van der Waals surface area contributed by atoms with E-state index in [-0.39, 0.29) is 30.7 Å². The number of benzene rings is 1. The molecule has 1 saturated heterocycles. The molecule has 7 nitrogen and oxygen atoms in total. The number of H-pyrrole nitrogens is 1. The van der Waals surface area contributed by atoms with Crippen molar-refractivity contribution >= 4 is 23.3 Å². The Morgan fingerprint density at radius 1 is 1.18 bits per heavy atom. The summed E-state index contributed by atoms with van der Waals surface area (Å²) in [6.45, 7) is 1.48. The maximum absolute atomic E-state index is 13.2. The van der Waals surface area contributed by atoms with Gasteiger partial charge in [-0.15, -0.1) is 0 Å². The predicted octanol–water partition coefficient (Wildman–Crippen LogP) is 2.14. The van der Waals surface area contributed by atoms with Crippen molar-refractivity contribution in [1.29, 1.82) is 0 Å². The van der Waals surface area contributed by atoms with Crippen molar-refractivity contribution < 1.29 is 18.8 Å². The predicted molar refractivity (Wildman–Crippen MR) is 103 cm³/mol. The average molecular weight is 386 g/mol. The first-order valence-electron chi connectivity index (χ1n) is 9.17. The van der Waals surface area contributed by atoms with Crippen molar-refractivity contribution in [2.45, 2.75) is 12.8 Å². The van der Waals surface area contributed by atoms with E-state index < -0.39 is 5.82 Å². The van der Waals surface area contributed by atoms with Gasteiger partial charge in [-0.3, -0.25) is 19.3 Å². The summed E-state index contributed by atoms with van der Waals surface area (Å²) < 4.78 is 13.2. The van der Waals surface area contributed by atoms with E-state index in [9.17, 15) is 18.8 Å². The number of rotatable bonds is 7. The molecule has 2 amide bonds. The number of anilines is 1. The van der Waals surface area contributed by atoms with Crippen LogP contribution in [0.5, 0.6) is 0 Å². The van der Waals surface area contributed by atoms with E-state index in [1.54, 1.807) is 29.0 Å². The Kier molecular flexibility index (Phi) is 6.20. The van der Waals surface area contributed by atoms with Gasteiger partial charge in [0, 0.05) is 30.5 Å². The van der Waals surface area contributed by atoms with Crippen molar-refractivity contribution in [3.8, 4) is 0 Å². The highest BCUT2D eigenvalue weighted by Gasteiger charge is 2.22. The molecule has 1 aromatic heterocycles. The van der Waals surface area contributed by atoms with Crippen LogP contribution in [-0.4, -0.2) is 65.6 Å². The van der Waals surface area contributed by atoms with Crippen molar-refractivity contribution in [2.24, 2.45) is 0 Å². The quantitative estimate of drug-likeness (QED) is 0.714. The number of amides is 2. The third kappa shape index (κ3) is 5.04. The summed E-state index contributed by atoms with van der Waals surface area (Å²) in [5, 5.41) is 2.59. The van der Waals surface area contributed by atoms with Crippen molar-refractivity contribution in [1.82, 2.24) is 14.8 Å². The summed E-state index contributed by atoms with van der Waals surface area (Å²) in [6.07, 6.45) is 3.52. The lowest BCUT2D eigenvalue weighted by molar-refractivity contribution is -0.116. The van der Waals surface area contributed by atoms with Gasteiger partial charge in [0.15, 0.2) is 5.78 Å². The molecule has 28 heavy (non-hydrogen) atoms. The summed E-state index contributed by atoms with van der Waals surface area (Å²) in [5.74, 6) is -1.08. The standard InChI is InChI=1S/C20H23FN4O3/c1-24(13-19(27)23-16-6-4-5-15(21)10-16)12-18(26)14-9-17(22-11-14)20(28)25-7-2-3-8-25/h4-6,9-11,22H,2-3,7-8,12-13H2,1H3,(H,23,27). The van der Waals surface area contributed by atoms with Crippen LogP contribution < -0.4 is 5.32 Å². The van der Waals surface area contributed by atoms with Gasteiger partial charge >= 0.3 is 0 Å². The number of nitrogens with zero attached hydrogens (tertiary/aromatic N) is 2. The Hall–Kier alpha value is -3.00. The number of likely N-dealkylation sites (N-methyl/N-ethyl adjacent to an activating group) is 1. The maximum atomic E-state index is 13.2. The molecular formula is C20H23FN4O3. The Morgan fingerprint density at radius 3 is 2.64 bits per heavy atom. The topological polar surface area (TPSA) is 85.5 Å².